The van der Waals surface area contributed by atoms with Gasteiger partial charge in [0.05, 0.1) is 11.6 Å². The molecule has 0 spiro atoms. The van der Waals surface area contributed by atoms with Crippen LogP contribution >= 0.6 is 27.5 Å². The van der Waals surface area contributed by atoms with Crippen molar-refractivity contribution in [1.82, 2.24) is 0 Å². The second kappa shape index (κ2) is 9.80. The summed E-state index contributed by atoms with van der Waals surface area (Å²) < 4.78 is 11.1. The smallest absolute Gasteiger partial charge is 0.266 e. The van der Waals surface area contributed by atoms with E-state index in [1.807, 2.05) is 19.1 Å². The maximum atomic E-state index is 12.5. The third-order valence-corrected chi connectivity index (χ3v) is 4.48. The van der Waals surface area contributed by atoms with Gasteiger partial charge in [-0.1, -0.05) is 17.7 Å². The van der Waals surface area contributed by atoms with Crippen LogP contribution in [-0.2, 0) is 4.79 Å². The third kappa shape index (κ3) is 5.26. The number of amides is 1. The number of hydrogen-bond acceptors (Lipinski definition) is 5. The van der Waals surface area contributed by atoms with Gasteiger partial charge in [0.2, 0.25) is 0 Å². The standard InChI is InChI=1S/C20H15BrClN3O3/c1-12-3-4-15(22)10-17(12)25-20(26)14(11-24)7-13-8-16(21)19(28-6-5-23)18(9-13)27-2/h3-4,7-10H,6H2,1-2H3,(H,25,26)/b14-7+. The number of hydrogen-bond donors (Lipinski definition) is 1. The Kier molecular flexibility index (Phi) is 7.45. The minimum Gasteiger partial charge on any atom is -0.493 e. The summed E-state index contributed by atoms with van der Waals surface area (Å²) in [6.45, 7) is 1.68. The lowest BCUT2D eigenvalue weighted by Crippen LogP contribution is -2.14. The largest absolute Gasteiger partial charge is 0.493 e. The van der Waals surface area contributed by atoms with Gasteiger partial charge in [-0.25, -0.2) is 0 Å². The van der Waals surface area contributed by atoms with Crippen molar-refractivity contribution in [3.63, 3.8) is 0 Å². The van der Waals surface area contributed by atoms with Crippen molar-refractivity contribution in [2.75, 3.05) is 19.0 Å². The molecule has 0 aromatic heterocycles. The maximum Gasteiger partial charge on any atom is 0.266 e. The molecule has 28 heavy (non-hydrogen) atoms. The molecule has 0 unspecified atom stereocenters. The number of ether oxygens (including phenoxy) is 2. The molecule has 0 aliphatic heterocycles. The lowest BCUT2D eigenvalue weighted by molar-refractivity contribution is -0.112. The number of carbonyl (C=O) groups is 1. The van der Waals surface area contributed by atoms with Crippen LogP contribution in [0.3, 0.4) is 0 Å². The summed E-state index contributed by atoms with van der Waals surface area (Å²) in [4.78, 5) is 12.5. The highest BCUT2D eigenvalue weighted by molar-refractivity contribution is 9.10. The van der Waals surface area contributed by atoms with Gasteiger partial charge >= 0.3 is 0 Å². The Morgan fingerprint density at radius 3 is 2.71 bits per heavy atom. The van der Waals surface area contributed by atoms with Gasteiger partial charge in [0, 0.05) is 10.7 Å². The number of halogens is 2. The topological polar surface area (TPSA) is 95.1 Å². The quantitative estimate of drug-likeness (QED) is 0.490. The van der Waals surface area contributed by atoms with E-state index in [-0.39, 0.29) is 12.2 Å². The second-order valence-electron chi connectivity index (χ2n) is 5.56. The fourth-order valence-electron chi connectivity index (χ4n) is 2.30. The summed E-state index contributed by atoms with van der Waals surface area (Å²) in [5.41, 5.74) is 1.79. The molecule has 0 heterocycles. The van der Waals surface area contributed by atoms with Crippen LogP contribution in [0.25, 0.3) is 6.08 Å². The van der Waals surface area contributed by atoms with E-state index < -0.39 is 5.91 Å². The van der Waals surface area contributed by atoms with Gasteiger partial charge in [-0.05, 0) is 64.3 Å². The number of methoxy groups -OCH3 is 1. The fourth-order valence-corrected chi connectivity index (χ4v) is 3.05. The number of nitrogens with one attached hydrogen (secondary N) is 1. The van der Waals surface area contributed by atoms with Crippen molar-refractivity contribution in [1.29, 1.82) is 10.5 Å². The number of benzene rings is 2. The molecule has 0 saturated heterocycles. The van der Waals surface area contributed by atoms with E-state index in [1.54, 1.807) is 30.3 Å². The molecular weight excluding hydrogens is 446 g/mol. The van der Waals surface area contributed by atoms with Crippen LogP contribution < -0.4 is 14.8 Å². The number of aryl methyl sites for hydroxylation is 1. The summed E-state index contributed by atoms with van der Waals surface area (Å²) >= 11 is 9.31. The average molecular weight is 461 g/mol. The predicted octanol–water partition coefficient (Wildman–Crippen LogP) is 4.87. The van der Waals surface area contributed by atoms with Gasteiger partial charge in [-0.3, -0.25) is 4.79 Å². The van der Waals surface area contributed by atoms with Crippen LogP contribution in [0, 0.1) is 29.6 Å². The number of rotatable bonds is 6. The Morgan fingerprint density at radius 1 is 1.32 bits per heavy atom. The molecule has 2 aromatic rings. The second-order valence-corrected chi connectivity index (χ2v) is 6.85. The van der Waals surface area contributed by atoms with Crippen molar-refractivity contribution in [3.05, 3.63) is 56.5 Å². The molecular formula is C20H15BrClN3O3. The van der Waals surface area contributed by atoms with Gasteiger partial charge < -0.3 is 14.8 Å². The Hall–Kier alpha value is -3.00. The van der Waals surface area contributed by atoms with Crippen molar-refractivity contribution in [2.45, 2.75) is 6.92 Å². The first kappa shape index (κ1) is 21.3. The summed E-state index contributed by atoms with van der Waals surface area (Å²) in [5.74, 6) is 0.158. The molecule has 0 aliphatic rings. The molecule has 2 rings (SSSR count). The molecule has 0 bridgehead atoms. The van der Waals surface area contributed by atoms with E-state index in [1.165, 1.54) is 13.2 Å². The minimum absolute atomic E-state index is 0.0981. The van der Waals surface area contributed by atoms with Gasteiger partial charge in [-0.2, -0.15) is 10.5 Å². The minimum atomic E-state index is -0.562. The average Bonchev–Trinajstić information content (AvgIpc) is 2.67. The van der Waals surface area contributed by atoms with Gasteiger partial charge in [0.25, 0.3) is 5.91 Å². The molecule has 0 fully saturated rings. The zero-order valence-corrected chi connectivity index (χ0v) is 17.4. The first-order chi connectivity index (χ1) is 13.4. The van der Waals surface area contributed by atoms with Gasteiger partial charge in [0.15, 0.2) is 18.1 Å². The Bertz CT molecular complexity index is 1020. The van der Waals surface area contributed by atoms with Crippen LogP contribution in [0.1, 0.15) is 11.1 Å². The van der Waals surface area contributed by atoms with Crippen molar-refractivity contribution >= 4 is 45.2 Å². The van der Waals surface area contributed by atoms with Crippen molar-refractivity contribution < 1.29 is 14.3 Å². The highest BCUT2D eigenvalue weighted by Gasteiger charge is 2.14. The summed E-state index contributed by atoms with van der Waals surface area (Å²) in [5, 5.41) is 21.3. The normalized spacial score (nSPS) is 10.6. The molecule has 0 radical (unpaired) electrons. The number of carbonyl (C=O) groups excluding carboxylic acids is 1. The van der Waals surface area contributed by atoms with E-state index in [0.29, 0.717) is 32.2 Å². The van der Waals surface area contributed by atoms with Gasteiger partial charge in [0.1, 0.15) is 17.7 Å². The lowest BCUT2D eigenvalue weighted by atomic mass is 10.1. The van der Waals surface area contributed by atoms with E-state index in [0.717, 1.165) is 5.56 Å². The zero-order valence-electron chi connectivity index (χ0n) is 15.0. The van der Waals surface area contributed by atoms with Gasteiger partial charge in [-0.15, -0.1) is 0 Å². The maximum absolute atomic E-state index is 12.5. The molecule has 1 amide bonds. The predicted molar refractivity (Wildman–Crippen MR) is 110 cm³/mol. The molecule has 142 valence electrons. The van der Waals surface area contributed by atoms with E-state index in [2.05, 4.69) is 21.2 Å². The van der Waals surface area contributed by atoms with Crippen LogP contribution in [0.5, 0.6) is 11.5 Å². The summed E-state index contributed by atoms with van der Waals surface area (Å²) in [6.07, 6.45) is 1.43. The van der Waals surface area contributed by atoms with Crippen LogP contribution in [0.2, 0.25) is 5.02 Å². The molecule has 0 atom stereocenters. The van der Waals surface area contributed by atoms with E-state index in [9.17, 15) is 10.1 Å². The molecule has 0 saturated carbocycles. The SMILES string of the molecule is COc1cc(/C=C(\C#N)C(=O)Nc2cc(Cl)ccc2C)cc(Br)c1OCC#N. The molecule has 2 aromatic carbocycles. The number of anilines is 1. The van der Waals surface area contributed by atoms with Crippen LogP contribution in [0.15, 0.2) is 40.4 Å². The van der Waals surface area contributed by atoms with Crippen LogP contribution in [-0.4, -0.2) is 19.6 Å². The highest BCUT2D eigenvalue weighted by Crippen LogP contribution is 2.37. The van der Waals surface area contributed by atoms with E-state index in [4.69, 9.17) is 26.3 Å². The Balaban J connectivity index is 2.34. The fraction of sp³-hybridized carbons (Fsp3) is 0.150. The number of nitriles is 2. The molecule has 8 heteroatoms. The highest BCUT2D eigenvalue weighted by atomic mass is 79.9. The lowest BCUT2D eigenvalue weighted by Gasteiger charge is -2.12. The molecule has 6 nitrogen and oxygen atoms in total. The molecule has 1 N–H and O–H groups in total. The first-order valence-corrected chi connectivity index (χ1v) is 9.13. The monoisotopic (exact) mass is 459 g/mol. The van der Waals surface area contributed by atoms with E-state index >= 15 is 0 Å². The van der Waals surface area contributed by atoms with Crippen molar-refractivity contribution in [2.24, 2.45) is 0 Å². The third-order valence-electron chi connectivity index (χ3n) is 3.66. The zero-order chi connectivity index (χ0) is 20.7. The summed E-state index contributed by atoms with van der Waals surface area (Å²) in [6, 6.07) is 12.1. The molecule has 0 aliphatic carbocycles. The number of nitrogens with zero attached hydrogens (tertiary/aromatic N) is 2. The Morgan fingerprint density at radius 2 is 2.07 bits per heavy atom. The Labute approximate surface area is 176 Å². The van der Waals surface area contributed by atoms with Crippen molar-refractivity contribution in [3.8, 4) is 23.6 Å². The van der Waals surface area contributed by atoms with Crippen LogP contribution in [0.4, 0.5) is 5.69 Å². The summed E-state index contributed by atoms with van der Waals surface area (Å²) in [7, 11) is 1.45. The first-order valence-electron chi connectivity index (χ1n) is 7.96.